The van der Waals surface area contributed by atoms with Crippen LogP contribution in [0.15, 0.2) is 47.1 Å². The van der Waals surface area contributed by atoms with Gasteiger partial charge >= 0.3 is 0 Å². The Morgan fingerprint density at radius 2 is 2.11 bits per heavy atom. The number of benzene rings is 1. The molecule has 1 aromatic carbocycles. The SMILES string of the molecule is Brc1ccc(CNC2CCc3ccccc32)nc1. The fraction of sp³-hybridized carbons (Fsp3) is 0.267. The van der Waals surface area contributed by atoms with Crippen molar-refractivity contribution in [1.29, 1.82) is 0 Å². The van der Waals surface area contributed by atoms with E-state index in [1.54, 1.807) is 0 Å². The Labute approximate surface area is 116 Å². The molecule has 0 radical (unpaired) electrons. The first-order chi connectivity index (χ1) is 8.83. The first-order valence-corrected chi connectivity index (χ1v) is 7.04. The maximum atomic E-state index is 4.39. The summed E-state index contributed by atoms with van der Waals surface area (Å²) in [4.78, 5) is 4.39. The summed E-state index contributed by atoms with van der Waals surface area (Å²) in [6.07, 6.45) is 4.22. The molecule has 0 saturated heterocycles. The third-order valence-corrected chi connectivity index (χ3v) is 3.92. The normalized spacial score (nSPS) is 17.7. The zero-order valence-corrected chi connectivity index (χ0v) is 11.7. The molecule has 3 rings (SSSR count). The fourth-order valence-electron chi connectivity index (χ4n) is 2.51. The minimum Gasteiger partial charge on any atom is -0.304 e. The van der Waals surface area contributed by atoms with Gasteiger partial charge in [0.15, 0.2) is 0 Å². The van der Waals surface area contributed by atoms with Gasteiger partial charge in [0.2, 0.25) is 0 Å². The number of pyridine rings is 1. The molecule has 0 aliphatic heterocycles. The van der Waals surface area contributed by atoms with E-state index in [1.165, 1.54) is 24.0 Å². The topological polar surface area (TPSA) is 24.9 Å². The zero-order chi connectivity index (χ0) is 12.4. The van der Waals surface area contributed by atoms with Crippen molar-refractivity contribution >= 4 is 15.9 Å². The molecule has 0 fully saturated rings. The summed E-state index contributed by atoms with van der Waals surface area (Å²) in [6, 6.07) is 13.3. The van der Waals surface area contributed by atoms with Crippen LogP contribution < -0.4 is 5.32 Å². The highest BCUT2D eigenvalue weighted by Crippen LogP contribution is 2.30. The predicted molar refractivity (Wildman–Crippen MR) is 76.3 cm³/mol. The first kappa shape index (κ1) is 11.9. The molecule has 0 spiro atoms. The standard InChI is InChI=1S/C15H15BrN2/c16-12-6-7-13(17-9-12)10-18-15-8-5-11-3-1-2-4-14(11)15/h1-4,6-7,9,15,18H,5,8,10H2. The van der Waals surface area contributed by atoms with E-state index >= 15 is 0 Å². The second kappa shape index (κ2) is 5.21. The number of rotatable bonds is 3. The third kappa shape index (κ3) is 2.47. The van der Waals surface area contributed by atoms with Crippen LogP contribution in [-0.2, 0) is 13.0 Å². The molecule has 1 aliphatic rings. The molecule has 0 bridgehead atoms. The summed E-state index contributed by atoms with van der Waals surface area (Å²) in [5.74, 6) is 0. The summed E-state index contributed by atoms with van der Waals surface area (Å²) in [7, 11) is 0. The number of nitrogens with one attached hydrogen (secondary N) is 1. The molecule has 2 nitrogen and oxygen atoms in total. The molecular formula is C15H15BrN2. The van der Waals surface area contributed by atoms with E-state index < -0.39 is 0 Å². The summed E-state index contributed by atoms with van der Waals surface area (Å²) in [5.41, 5.74) is 4.02. The third-order valence-electron chi connectivity index (χ3n) is 3.45. The van der Waals surface area contributed by atoms with Crippen LogP contribution in [0.25, 0.3) is 0 Å². The quantitative estimate of drug-likeness (QED) is 0.937. The Kier molecular flexibility index (Phi) is 3.43. The number of aromatic nitrogens is 1. The first-order valence-electron chi connectivity index (χ1n) is 6.24. The molecule has 1 heterocycles. The van der Waals surface area contributed by atoms with E-state index in [1.807, 2.05) is 12.3 Å². The molecule has 1 aliphatic carbocycles. The Bertz CT molecular complexity index is 536. The summed E-state index contributed by atoms with van der Waals surface area (Å²) in [5, 5.41) is 3.60. The van der Waals surface area contributed by atoms with Crippen molar-refractivity contribution in [1.82, 2.24) is 10.3 Å². The van der Waals surface area contributed by atoms with Gasteiger partial charge in [0.25, 0.3) is 0 Å². The Balaban J connectivity index is 1.67. The molecule has 1 unspecified atom stereocenters. The highest BCUT2D eigenvalue weighted by atomic mass is 79.9. The second-order valence-electron chi connectivity index (χ2n) is 4.64. The maximum absolute atomic E-state index is 4.39. The average Bonchev–Trinajstić information content (AvgIpc) is 2.82. The molecular weight excluding hydrogens is 288 g/mol. The van der Waals surface area contributed by atoms with Crippen LogP contribution in [0, 0.1) is 0 Å². The van der Waals surface area contributed by atoms with Crippen LogP contribution in [0.2, 0.25) is 0 Å². The molecule has 18 heavy (non-hydrogen) atoms. The fourth-order valence-corrected chi connectivity index (χ4v) is 2.74. The number of aryl methyl sites for hydroxylation is 1. The van der Waals surface area contributed by atoms with Gasteiger partial charge < -0.3 is 5.32 Å². The number of halogens is 1. The molecule has 0 saturated carbocycles. The van der Waals surface area contributed by atoms with Crippen LogP contribution >= 0.6 is 15.9 Å². The van der Waals surface area contributed by atoms with Crippen molar-refractivity contribution in [2.45, 2.75) is 25.4 Å². The molecule has 1 N–H and O–H groups in total. The minimum absolute atomic E-state index is 0.478. The van der Waals surface area contributed by atoms with Gasteiger partial charge in [-0.15, -0.1) is 0 Å². The van der Waals surface area contributed by atoms with E-state index in [4.69, 9.17) is 0 Å². The lowest BCUT2D eigenvalue weighted by atomic mass is 10.1. The Hall–Kier alpha value is -1.19. The lowest BCUT2D eigenvalue weighted by molar-refractivity contribution is 0.525. The zero-order valence-electron chi connectivity index (χ0n) is 10.1. The van der Waals surface area contributed by atoms with Crippen LogP contribution in [0.5, 0.6) is 0 Å². The second-order valence-corrected chi connectivity index (χ2v) is 5.55. The van der Waals surface area contributed by atoms with Crippen molar-refractivity contribution in [3.63, 3.8) is 0 Å². The van der Waals surface area contributed by atoms with Gasteiger partial charge in [0.05, 0.1) is 5.69 Å². The van der Waals surface area contributed by atoms with E-state index in [-0.39, 0.29) is 0 Å². The van der Waals surface area contributed by atoms with Gasteiger partial charge in [-0.1, -0.05) is 24.3 Å². The lowest BCUT2D eigenvalue weighted by Crippen LogP contribution is -2.19. The van der Waals surface area contributed by atoms with E-state index in [2.05, 4.69) is 56.6 Å². The van der Waals surface area contributed by atoms with E-state index in [0.29, 0.717) is 6.04 Å². The molecule has 1 atom stereocenters. The molecule has 92 valence electrons. The van der Waals surface area contributed by atoms with Crippen LogP contribution in [0.3, 0.4) is 0 Å². The summed E-state index contributed by atoms with van der Waals surface area (Å²) >= 11 is 3.40. The van der Waals surface area contributed by atoms with Gasteiger partial charge in [0, 0.05) is 23.3 Å². The maximum Gasteiger partial charge on any atom is 0.0542 e. The number of fused-ring (bicyclic) bond motifs is 1. The van der Waals surface area contributed by atoms with Crippen molar-refractivity contribution in [3.8, 4) is 0 Å². The van der Waals surface area contributed by atoms with Crippen LogP contribution in [0.1, 0.15) is 29.3 Å². The predicted octanol–water partition coefficient (Wildman–Crippen LogP) is 3.62. The van der Waals surface area contributed by atoms with Crippen molar-refractivity contribution in [3.05, 3.63) is 63.9 Å². The Morgan fingerprint density at radius 3 is 2.94 bits per heavy atom. The minimum atomic E-state index is 0.478. The van der Waals surface area contributed by atoms with Crippen molar-refractivity contribution in [2.24, 2.45) is 0 Å². The van der Waals surface area contributed by atoms with Crippen LogP contribution in [-0.4, -0.2) is 4.98 Å². The summed E-state index contributed by atoms with van der Waals surface area (Å²) < 4.78 is 1.03. The number of hydrogen-bond donors (Lipinski definition) is 1. The van der Waals surface area contributed by atoms with E-state index in [9.17, 15) is 0 Å². The number of nitrogens with zero attached hydrogens (tertiary/aromatic N) is 1. The average molecular weight is 303 g/mol. The van der Waals surface area contributed by atoms with E-state index in [0.717, 1.165) is 16.7 Å². The van der Waals surface area contributed by atoms with Crippen molar-refractivity contribution in [2.75, 3.05) is 0 Å². The molecule has 3 heteroatoms. The van der Waals surface area contributed by atoms with Gasteiger partial charge in [-0.2, -0.15) is 0 Å². The van der Waals surface area contributed by atoms with Gasteiger partial charge in [-0.3, -0.25) is 4.98 Å². The molecule has 1 aromatic heterocycles. The highest BCUT2D eigenvalue weighted by molar-refractivity contribution is 9.10. The number of hydrogen-bond acceptors (Lipinski definition) is 2. The van der Waals surface area contributed by atoms with Crippen molar-refractivity contribution < 1.29 is 0 Å². The summed E-state index contributed by atoms with van der Waals surface area (Å²) in [6.45, 7) is 0.826. The van der Waals surface area contributed by atoms with Crippen LogP contribution in [0.4, 0.5) is 0 Å². The lowest BCUT2D eigenvalue weighted by Gasteiger charge is -2.13. The molecule has 2 aromatic rings. The Morgan fingerprint density at radius 1 is 1.22 bits per heavy atom. The van der Waals surface area contributed by atoms with Gasteiger partial charge in [-0.05, 0) is 52.0 Å². The van der Waals surface area contributed by atoms with Gasteiger partial charge in [-0.25, -0.2) is 0 Å². The largest absolute Gasteiger partial charge is 0.304 e. The van der Waals surface area contributed by atoms with Gasteiger partial charge in [0.1, 0.15) is 0 Å². The smallest absolute Gasteiger partial charge is 0.0542 e. The highest BCUT2D eigenvalue weighted by Gasteiger charge is 2.20. The molecule has 0 amide bonds. The monoisotopic (exact) mass is 302 g/mol.